The van der Waals surface area contributed by atoms with Crippen molar-refractivity contribution in [3.63, 3.8) is 0 Å². The van der Waals surface area contributed by atoms with E-state index in [1.807, 2.05) is 53.0 Å². The number of nitrogens with one attached hydrogen (secondary N) is 4. The second-order valence-electron chi connectivity index (χ2n) is 22.2. The lowest BCUT2D eigenvalue weighted by Crippen LogP contribution is -2.32. The molecule has 2 aliphatic rings. The topological polar surface area (TPSA) is 136 Å². The molecule has 2 aliphatic heterocycles. The molecule has 13 nitrogen and oxygen atoms in total. The minimum atomic E-state index is 0.0786. The molecule has 11 aromatic rings. The zero-order valence-corrected chi connectivity index (χ0v) is 48.4. The van der Waals surface area contributed by atoms with Gasteiger partial charge in [-0.15, -0.1) is 0 Å². The third-order valence-corrected chi connectivity index (χ3v) is 16.5. The molecule has 4 N–H and O–H groups in total. The van der Waals surface area contributed by atoms with E-state index in [9.17, 15) is 4.79 Å². The maximum absolute atomic E-state index is 12.9. The lowest BCUT2D eigenvalue weighted by Gasteiger charge is -2.09. The number of methoxy groups -OCH3 is 1. The molecule has 0 atom stereocenters. The van der Waals surface area contributed by atoms with Gasteiger partial charge in [0.05, 0.1) is 42.0 Å². The Morgan fingerprint density at radius 2 is 0.988 bits per heavy atom. The molecule has 10 heterocycles. The summed E-state index contributed by atoms with van der Waals surface area (Å²) in [6.07, 6.45) is 29.4. The third kappa shape index (κ3) is 10.5. The Morgan fingerprint density at radius 1 is 0.500 bits per heavy atom. The lowest BCUT2D eigenvalue weighted by atomic mass is 9.97. The maximum atomic E-state index is 12.9. The Morgan fingerprint density at radius 3 is 1.50 bits per heavy atom. The summed E-state index contributed by atoms with van der Waals surface area (Å²) in [6.45, 7) is 6.34. The average Bonchev–Trinajstić information content (AvgIpc) is 2.67. The van der Waals surface area contributed by atoms with Crippen LogP contribution in [0.2, 0.25) is 0 Å². The number of ether oxygens (including phenoxy) is 2. The normalized spacial score (nSPS) is 12.0. The molecule has 0 spiro atoms. The minimum absolute atomic E-state index is 0.0786. The molecule has 8 aromatic heterocycles. The molecule has 0 unspecified atom stereocenters. The second-order valence-corrected chi connectivity index (χ2v) is 22.2. The van der Waals surface area contributed by atoms with Gasteiger partial charge in [-0.1, -0.05) is 12.1 Å². The molecule has 416 valence electrons. The molecule has 0 fully saturated rings. The van der Waals surface area contributed by atoms with Crippen LogP contribution in [0.4, 0.5) is 0 Å². The van der Waals surface area contributed by atoms with Crippen LogP contribution >= 0.6 is 0 Å². The lowest BCUT2D eigenvalue weighted by molar-refractivity contribution is -0.696. The molecule has 13 heteroatoms. The van der Waals surface area contributed by atoms with Gasteiger partial charge in [0, 0.05) is 128 Å². The van der Waals surface area contributed by atoms with Crippen molar-refractivity contribution < 1.29 is 32.5 Å². The second kappa shape index (κ2) is 22.7. The highest BCUT2D eigenvalue weighted by molar-refractivity contribution is 6.16. The van der Waals surface area contributed by atoms with Crippen molar-refractivity contribution in [3.05, 3.63) is 193 Å². The number of hydrogen-bond donors (Lipinski definition) is 4. The van der Waals surface area contributed by atoms with Crippen molar-refractivity contribution in [1.82, 2.24) is 30.2 Å². The van der Waals surface area contributed by atoms with E-state index in [0.29, 0.717) is 26.0 Å². The zero-order chi connectivity index (χ0) is 57.4. The number of aromatic amines is 3. The van der Waals surface area contributed by atoms with Crippen LogP contribution in [0.15, 0.2) is 159 Å². The van der Waals surface area contributed by atoms with Crippen molar-refractivity contribution in [3.8, 4) is 56.0 Å². The van der Waals surface area contributed by atoms with Crippen molar-refractivity contribution in [1.29, 1.82) is 0 Å². The molecule has 84 heavy (non-hydrogen) atoms. The van der Waals surface area contributed by atoms with Crippen LogP contribution in [0.1, 0.15) is 66.0 Å². The van der Waals surface area contributed by atoms with Crippen LogP contribution < -0.4 is 33.1 Å². The Bertz CT molecular complexity index is 4550. The highest BCUT2D eigenvalue weighted by atomic mass is 16.5. The monoisotopic (exact) mass is 1110 g/mol. The van der Waals surface area contributed by atoms with Crippen LogP contribution in [-0.4, -0.2) is 51.1 Å². The summed E-state index contributed by atoms with van der Waals surface area (Å²) in [5, 5.41) is 8.07. The van der Waals surface area contributed by atoms with Gasteiger partial charge in [-0.05, 0) is 151 Å². The molecule has 0 saturated carbocycles. The van der Waals surface area contributed by atoms with Gasteiger partial charge in [-0.25, -0.2) is 28.2 Å². The van der Waals surface area contributed by atoms with Crippen molar-refractivity contribution in [2.75, 3.05) is 20.3 Å². The van der Waals surface area contributed by atoms with Gasteiger partial charge in [0.1, 0.15) is 39.2 Å². The first kappa shape index (κ1) is 53.3. The number of aryl methyl sites for hydroxylation is 6. The largest absolute Gasteiger partial charge is 0.497 e. The minimum Gasteiger partial charge on any atom is -0.497 e. The number of benzene rings is 3. The number of carbonyl (C=O) groups is 1. The summed E-state index contributed by atoms with van der Waals surface area (Å²) in [7, 11) is 7.81. The van der Waals surface area contributed by atoms with Gasteiger partial charge >= 0.3 is 0 Å². The molecule has 0 aliphatic carbocycles. The number of nitrogens with zero attached hydrogens (tertiary/aromatic N) is 6. The van der Waals surface area contributed by atoms with E-state index in [0.717, 1.165) is 132 Å². The highest BCUT2D eigenvalue weighted by Gasteiger charge is 2.22. The predicted molar refractivity (Wildman–Crippen MR) is 335 cm³/mol. The molecular formula is C71H68N10O3+4. The third-order valence-electron chi connectivity index (χ3n) is 16.5. The SMILES string of the molecule is COc1ccc2[nH]c3c(C)c4cc[n+](CCCCCC(=O)NCCCOc5ccc(-c6c7nc(c(-c8cc[n+](C)cc8)c8ccc([nH]8)c(-c8cc[n+](C)cc8)c8nc(c(-c9cc[n+](C)cc9)c9ccc6[nH]9)C=C8)C=C7)cc5)cc4c(C)c3c2c1. The van der Waals surface area contributed by atoms with E-state index in [-0.39, 0.29) is 5.91 Å². The van der Waals surface area contributed by atoms with E-state index in [1.165, 1.54) is 38.2 Å². The van der Waals surface area contributed by atoms with Crippen LogP contribution in [0.25, 0.3) is 123 Å². The number of aromatic nitrogens is 9. The van der Waals surface area contributed by atoms with Gasteiger partial charge in [-0.2, -0.15) is 0 Å². The summed E-state index contributed by atoms with van der Waals surface area (Å²) in [5.74, 6) is 1.69. The van der Waals surface area contributed by atoms with Gasteiger partial charge < -0.3 is 29.7 Å². The zero-order valence-electron chi connectivity index (χ0n) is 48.4. The molecule has 0 saturated heterocycles. The van der Waals surface area contributed by atoms with Crippen molar-refractivity contribution in [2.24, 2.45) is 21.1 Å². The molecular weight excluding hydrogens is 1040 g/mol. The van der Waals surface area contributed by atoms with E-state index in [2.05, 4.69) is 204 Å². The predicted octanol–water partition coefficient (Wildman–Crippen LogP) is 12.6. The molecule has 13 rings (SSSR count). The van der Waals surface area contributed by atoms with Crippen molar-refractivity contribution >= 4 is 84.9 Å². The Balaban J connectivity index is 0.722. The first-order valence-corrected chi connectivity index (χ1v) is 29.0. The molecule has 0 radical (unpaired) electrons. The van der Waals surface area contributed by atoms with E-state index in [4.69, 9.17) is 19.4 Å². The summed E-state index contributed by atoms with van der Waals surface area (Å²) in [5.41, 5.74) is 20.0. The Kier molecular flexibility index (Phi) is 14.4. The highest BCUT2D eigenvalue weighted by Crippen LogP contribution is 2.40. The molecule has 3 aromatic carbocycles. The van der Waals surface area contributed by atoms with Crippen molar-refractivity contribution in [2.45, 2.75) is 52.5 Å². The van der Waals surface area contributed by atoms with Gasteiger partial charge in [0.2, 0.25) is 5.91 Å². The summed E-state index contributed by atoms with van der Waals surface area (Å²) in [4.78, 5) is 35.3. The number of pyridine rings is 4. The van der Waals surface area contributed by atoms with Crippen LogP contribution in [-0.2, 0) is 32.5 Å². The van der Waals surface area contributed by atoms with E-state index < -0.39 is 0 Å². The van der Waals surface area contributed by atoms with E-state index in [1.54, 1.807) is 7.11 Å². The number of amides is 1. The maximum Gasteiger partial charge on any atom is 0.219 e. The summed E-state index contributed by atoms with van der Waals surface area (Å²) >= 11 is 0. The molecule has 1 amide bonds. The number of fused-ring (bicyclic) bond motifs is 12. The average molecular weight is 1110 g/mol. The van der Waals surface area contributed by atoms with Gasteiger partial charge in [0.25, 0.3) is 0 Å². The Hall–Kier alpha value is -10.0. The van der Waals surface area contributed by atoms with Crippen LogP contribution in [0, 0.1) is 13.8 Å². The quantitative estimate of drug-likeness (QED) is 0.0564. The fraction of sp³-hybridized carbons (Fsp3) is 0.197. The number of H-pyrrole nitrogens is 3. The van der Waals surface area contributed by atoms with Crippen LogP contribution in [0.3, 0.4) is 0 Å². The summed E-state index contributed by atoms with van der Waals surface area (Å²) in [6, 6.07) is 38.2. The fourth-order valence-corrected chi connectivity index (χ4v) is 12.0. The number of hydrogen-bond acceptors (Lipinski definition) is 5. The van der Waals surface area contributed by atoms with Gasteiger partial charge in [0.15, 0.2) is 49.6 Å². The van der Waals surface area contributed by atoms with Gasteiger partial charge in [-0.3, -0.25) is 4.79 Å². The molecule has 8 bridgehead atoms. The van der Waals surface area contributed by atoms with Crippen LogP contribution in [0.5, 0.6) is 11.5 Å². The standard InChI is InChI=1S/C71H65N10O3/c1-45-55-44-81(41-32-53(55)46(2)71-66(45)54-43-52(83-6)16-17-56(54)77-71)34-9-7-8-11-65(82)72-33-10-42-84-51-14-12-47(13-15-51)67-57-18-20-59(73-57)68(48-26-35-78(3)36-27-48)61-22-24-63(75-61)70(50-30-39-80(5)40-31-50)64-25-23-62(76-64)69(60-21-19-58(67)74-60)49-28-37-79(4)38-29-49/h12-32,35-41,43-44H,7-11,33-34,42H2,1-6H3,(H-,72,73,74,75,76,82)/q+1/p+3. The summed E-state index contributed by atoms with van der Waals surface area (Å²) < 4.78 is 20.3. The van der Waals surface area contributed by atoms with E-state index >= 15 is 0 Å². The fourth-order valence-electron chi connectivity index (χ4n) is 12.0. The number of rotatable bonds is 16. The number of unbranched alkanes of at least 4 members (excludes halogenated alkanes) is 2. The number of carbonyl (C=O) groups excluding carboxylic acids is 1. The first-order chi connectivity index (χ1) is 41.0. The Labute approximate surface area is 487 Å². The smallest absolute Gasteiger partial charge is 0.219 e. The first-order valence-electron chi connectivity index (χ1n) is 29.0.